The third-order valence-corrected chi connectivity index (χ3v) is 1.17. The van der Waals surface area contributed by atoms with Crippen LogP contribution in [0.5, 0.6) is 0 Å². The second-order valence-corrected chi connectivity index (χ2v) is 2.38. The molecule has 3 N–H and O–H groups in total. The molecule has 5 nitrogen and oxygen atoms in total. The molecule has 0 fully saturated rings. The molecule has 5 heteroatoms. The third-order valence-electron chi connectivity index (χ3n) is 1.17. The Labute approximate surface area is 89.2 Å². The van der Waals surface area contributed by atoms with Gasteiger partial charge in [-0.25, -0.2) is 0 Å². The van der Waals surface area contributed by atoms with Gasteiger partial charge in [0.2, 0.25) is 0 Å². The molecule has 86 valence electrons. The molecular formula is C10H17NO4. The Hall–Kier alpha value is -0.980. The average Bonchev–Trinajstić information content (AvgIpc) is 2.32. The van der Waals surface area contributed by atoms with Gasteiger partial charge in [-0.15, -0.1) is 0 Å². The molecule has 0 unspecified atom stereocenters. The number of hydrogen-bond acceptors (Lipinski definition) is 5. The molecule has 15 heavy (non-hydrogen) atoms. The van der Waals surface area contributed by atoms with Gasteiger partial charge >= 0.3 is 0 Å². The zero-order valence-electron chi connectivity index (χ0n) is 8.50. The van der Waals surface area contributed by atoms with Crippen LogP contribution in [0.3, 0.4) is 0 Å². The number of hydrogen-bond donors (Lipinski definition) is 3. The molecule has 0 aromatic heterocycles. The third kappa shape index (κ3) is 13.0. The molecule has 0 aliphatic rings. The zero-order chi connectivity index (χ0) is 11.2. The summed E-state index contributed by atoms with van der Waals surface area (Å²) >= 11 is 0. The fraction of sp³-hybridized carbons (Fsp3) is 0.400. The van der Waals surface area contributed by atoms with Crippen LogP contribution in [-0.2, 0) is 9.68 Å². The first-order valence-electron chi connectivity index (χ1n) is 4.62. The number of aliphatic hydroxyl groups excluding tert-OH is 2. The van der Waals surface area contributed by atoms with E-state index in [1.54, 1.807) is 0 Å². The van der Waals surface area contributed by atoms with Crippen LogP contribution in [0.4, 0.5) is 0 Å². The van der Waals surface area contributed by atoms with Crippen molar-refractivity contribution in [1.29, 1.82) is 0 Å². The summed E-state index contributed by atoms with van der Waals surface area (Å²) in [6.07, 6.45) is 0. The van der Waals surface area contributed by atoms with Crippen molar-refractivity contribution in [2.24, 2.45) is 0 Å². The maximum Gasteiger partial charge on any atom is 0.0940 e. The molecule has 0 heterocycles. The van der Waals surface area contributed by atoms with Crippen LogP contribution >= 0.6 is 0 Å². The Morgan fingerprint density at radius 3 is 1.33 bits per heavy atom. The summed E-state index contributed by atoms with van der Waals surface area (Å²) in [5, 5.41) is 16.3. The molecule has 0 amide bonds. The highest BCUT2D eigenvalue weighted by molar-refractivity contribution is 4.99. The molecule has 0 saturated carbocycles. The predicted octanol–water partition coefficient (Wildman–Crippen LogP) is 0.110. The van der Waals surface area contributed by atoms with Crippen molar-refractivity contribution in [3.05, 3.63) is 36.4 Å². The van der Waals surface area contributed by atoms with E-state index < -0.39 is 0 Å². The van der Waals surface area contributed by atoms with Gasteiger partial charge in [0.15, 0.2) is 0 Å². The first-order valence-corrected chi connectivity index (χ1v) is 4.62. The minimum absolute atomic E-state index is 0.0600. The Morgan fingerprint density at radius 2 is 1.07 bits per heavy atom. The zero-order valence-corrected chi connectivity index (χ0v) is 8.50. The lowest BCUT2D eigenvalue weighted by Crippen LogP contribution is -2.19. The van der Waals surface area contributed by atoms with E-state index in [9.17, 15) is 0 Å². The Balaban J connectivity index is 0.000000280. The van der Waals surface area contributed by atoms with Crippen LogP contribution in [0.1, 0.15) is 0 Å². The van der Waals surface area contributed by atoms with E-state index in [-0.39, 0.29) is 26.4 Å². The standard InChI is InChI=1S/C6H6.C4H11NO4/c1-2-4-6-5-3-1;6-1-3-8-5-9-4-2-7/h1-6H;5-7H,1-4H2. The molecule has 1 aromatic rings. The molecule has 0 saturated heterocycles. The van der Waals surface area contributed by atoms with E-state index in [1.165, 1.54) is 0 Å². The van der Waals surface area contributed by atoms with Crippen LogP contribution in [0.15, 0.2) is 36.4 Å². The Morgan fingerprint density at radius 1 is 0.733 bits per heavy atom. The number of nitrogens with one attached hydrogen (secondary N) is 1. The maximum absolute atomic E-state index is 8.15. The first-order chi connectivity index (χ1) is 7.41. The quantitative estimate of drug-likeness (QED) is 0.464. The van der Waals surface area contributed by atoms with E-state index >= 15 is 0 Å². The van der Waals surface area contributed by atoms with Gasteiger partial charge in [0.1, 0.15) is 0 Å². The lowest BCUT2D eigenvalue weighted by molar-refractivity contribution is -0.178. The van der Waals surface area contributed by atoms with Crippen LogP contribution in [0.2, 0.25) is 0 Å². The largest absolute Gasteiger partial charge is 0.394 e. The van der Waals surface area contributed by atoms with Gasteiger partial charge in [0.05, 0.1) is 26.4 Å². The topological polar surface area (TPSA) is 71.0 Å². The second-order valence-electron chi connectivity index (χ2n) is 2.38. The van der Waals surface area contributed by atoms with Crippen molar-refractivity contribution in [3.63, 3.8) is 0 Å². The van der Waals surface area contributed by atoms with Gasteiger partial charge < -0.3 is 10.2 Å². The molecule has 0 radical (unpaired) electrons. The molecule has 0 aliphatic heterocycles. The van der Waals surface area contributed by atoms with Gasteiger partial charge in [-0.05, 0) is 0 Å². The van der Waals surface area contributed by atoms with Crippen molar-refractivity contribution in [2.75, 3.05) is 26.4 Å². The second kappa shape index (κ2) is 13.0. The van der Waals surface area contributed by atoms with E-state index in [2.05, 4.69) is 15.3 Å². The monoisotopic (exact) mass is 215 g/mol. The van der Waals surface area contributed by atoms with Crippen molar-refractivity contribution in [1.82, 2.24) is 5.64 Å². The Kier molecular flexibility index (Phi) is 12.2. The molecular weight excluding hydrogens is 198 g/mol. The van der Waals surface area contributed by atoms with Gasteiger partial charge in [0.25, 0.3) is 0 Å². The summed E-state index contributed by atoms with van der Waals surface area (Å²) < 4.78 is 0. The van der Waals surface area contributed by atoms with Gasteiger partial charge in [-0.2, -0.15) is 0 Å². The minimum atomic E-state index is -0.0600. The molecule has 1 aromatic carbocycles. The summed E-state index contributed by atoms with van der Waals surface area (Å²) in [4.78, 5) is 8.90. The van der Waals surface area contributed by atoms with E-state index in [4.69, 9.17) is 10.2 Å². The summed E-state index contributed by atoms with van der Waals surface area (Å²) in [5.41, 5.74) is 2.07. The van der Waals surface area contributed by atoms with Crippen LogP contribution in [0.25, 0.3) is 0 Å². The smallest absolute Gasteiger partial charge is 0.0940 e. The molecule has 0 spiro atoms. The highest BCUT2D eigenvalue weighted by atomic mass is 16.9. The van der Waals surface area contributed by atoms with Crippen LogP contribution < -0.4 is 5.64 Å². The number of aliphatic hydroxyl groups is 2. The lowest BCUT2D eigenvalue weighted by Gasteiger charge is -2.01. The van der Waals surface area contributed by atoms with Crippen molar-refractivity contribution in [3.8, 4) is 0 Å². The summed E-state index contributed by atoms with van der Waals surface area (Å²) in [6, 6.07) is 12.0. The average molecular weight is 215 g/mol. The van der Waals surface area contributed by atoms with E-state index in [1.807, 2.05) is 36.4 Å². The first kappa shape index (κ1) is 14.0. The number of benzene rings is 1. The van der Waals surface area contributed by atoms with Crippen molar-refractivity contribution >= 4 is 0 Å². The van der Waals surface area contributed by atoms with E-state index in [0.717, 1.165) is 0 Å². The number of rotatable bonds is 6. The van der Waals surface area contributed by atoms with Crippen LogP contribution in [0, 0.1) is 0 Å². The molecule has 0 atom stereocenters. The lowest BCUT2D eigenvalue weighted by atomic mass is 10.4. The molecule has 1 rings (SSSR count). The highest BCUT2D eigenvalue weighted by Gasteiger charge is 1.83. The van der Waals surface area contributed by atoms with Gasteiger partial charge in [-0.1, -0.05) is 42.0 Å². The van der Waals surface area contributed by atoms with E-state index in [0.29, 0.717) is 0 Å². The van der Waals surface area contributed by atoms with Crippen molar-refractivity contribution in [2.45, 2.75) is 0 Å². The summed E-state index contributed by atoms with van der Waals surface area (Å²) in [5.74, 6) is 0. The molecule has 0 bridgehead atoms. The van der Waals surface area contributed by atoms with Gasteiger partial charge in [-0.3, -0.25) is 9.68 Å². The minimum Gasteiger partial charge on any atom is -0.394 e. The highest BCUT2D eigenvalue weighted by Crippen LogP contribution is 1.79. The fourth-order valence-corrected chi connectivity index (χ4v) is 0.601. The predicted molar refractivity (Wildman–Crippen MR) is 55.7 cm³/mol. The molecule has 0 aliphatic carbocycles. The van der Waals surface area contributed by atoms with Gasteiger partial charge in [0, 0.05) is 0 Å². The summed E-state index contributed by atoms with van der Waals surface area (Å²) in [6.45, 7) is 0.224. The SMILES string of the molecule is OCCONOCCO.c1ccccc1. The fourth-order valence-electron chi connectivity index (χ4n) is 0.601. The summed E-state index contributed by atoms with van der Waals surface area (Å²) in [7, 11) is 0. The Bertz CT molecular complexity index is 163. The maximum atomic E-state index is 8.15. The van der Waals surface area contributed by atoms with Crippen molar-refractivity contribution < 1.29 is 19.9 Å². The van der Waals surface area contributed by atoms with Crippen LogP contribution in [-0.4, -0.2) is 36.6 Å². The normalized spacial score (nSPS) is 9.20.